The first kappa shape index (κ1) is 25.3. The highest BCUT2D eigenvalue weighted by Crippen LogP contribution is 2.28. The van der Waals surface area contributed by atoms with Gasteiger partial charge in [0.1, 0.15) is 11.7 Å². The maximum absolute atomic E-state index is 12.9. The SMILES string of the molecule is C[C@@H](Cc1c[nH]c(=O)c(C(F)(F)F)c1)OC(=O)N1CCC(Nc2ncc(C(F)(F)F)cn2)CC1. The standard InChI is InChI=1S/C20H21F6N5O3/c1-11(6-12-7-15(20(24,25)26)16(32)27-8-12)34-18(33)31-4-2-14(3-5-31)30-17-28-9-13(10-29-17)19(21,22)23/h7-11,14H,2-6H2,1H3,(H,27,32)(H,28,29,30)/t11-/m0/s1. The Bertz CT molecular complexity index is 1050. The Kier molecular flexibility index (Phi) is 7.36. The van der Waals surface area contributed by atoms with E-state index in [0.29, 0.717) is 38.3 Å². The number of amides is 1. The number of aromatic nitrogens is 3. The predicted molar refractivity (Wildman–Crippen MR) is 107 cm³/mol. The maximum atomic E-state index is 12.9. The first-order valence-electron chi connectivity index (χ1n) is 10.2. The Morgan fingerprint density at radius 1 is 1.18 bits per heavy atom. The molecule has 0 radical (unpaired) electrons. The molecule has 0 unspecified atom stereocenters. The molecule has 14 heteroatoms. The van der Waals surface area contributed by atoms with Crippen LogP contribution in [0.4, 0.5) is 37.1 Å². The summed E-state index contributed by atoms with van der Waals surface area (Å²) in [6.45, 7) is 2.11. The summed E-state index contributed by atoms with van der Waals surface area (Å²) in [7, 11) is 0. The highest BCUT2D eigenvalue weighted by atomic mass is 19.4. The van der Waals surface area contributed by atoms with Crippen molar-refractivity contribution >= 4 is 12.0 Å². The highest BCUT2D eigenvalue weighted by Gasteiger charge is 2.34. The van der Waals surface area contributed by atoms with Crippen LogP contribution in [0.15, 0.2) is 29.5 Å². The number of likely N-dealkylation sites (tertiary alicyclic amines) is 1. The fraction of sp³-hybridized carbons (Fsp3) is 0.500. The number of alkyl halides is 6. The molecule has 3 heterocycles. The number of anilines is 1. The molecule has 0 aliphatic carbocycles. The minimum Gasteiger partial charge on any atom is -0.446 e. The molecule has 3 rings (SSSR count). The van der Waals surface area contributed by atoms with Gasteiger partial charge in [-0.25, -0.2) is 14.8 Å². The van der Waals surface area contributed by atoms with Crippen LogP contribution in [-0.4, -0.2) is 51.2 Å². The lowest BCUT2D eigenvalue weighted by Crippen LogP contribution is -2.43. The van der Waals surface area contributed by atoms with Crippen molar-refractivity contribution in [3.63, 3.8) is 0 Å². The summed E-state index contributed by atoms with van der Waals surface area (Å²) >= 11 is 0. The highest BCUT2D eigenvalue weighted by molar-refractivity contribution is 5.68. The van der Waals surface area contributed by atoms with Crippen molar-refractivity contribution in [3.05, 3.63) is 51.7 Å². The zero-order valence-electron chi connectivity index (χ0n) is 17.8. The Hall–Kier alpha value is -3.32. The summed E-state index contributed by atoms with van der Waals surface area (Å²) in [4.78, 5) is 34.5. The largest absolute Gasteiger partial charge is 0.446 e. The van der Waals surface area contributed by atoms with Gasteiger partial charge in [0.25, 0.3) is 5.56 Å². The van der Waals surface area contributed by atoms with Gasteiger partial charge in [-0.05, 0) is 31.4 Å². The van der Waals surface area contributed by atoms with Crippen molar-refractivity contribution in [3.8, 4) is 0 Å². The molecule has 0 spiro atoms. The molecule has 0 bridgehead atoms. The number of hydrogen-bond acceptors (Lipinski definition) is 6. The van der Waals surface area contributed by atoms with E-state index in [-0.39, 0.29) is 24.0 Å². The van der Waals surface area contributed by atoms with E-state index in [9.17, 15) is 35.9 Å². The van der Waals surface area contributed by atoms with Gasteiger partial charge in [-0.2, -0.15) is 26.3 Å². The van der Waals surface area contributed by atoms with Crippen LogP contribution in [0.3, 0.4) is 0 Å². The summed E-state index contributed by atoms with van der Waals surface area (Å²) in [6, 6.07) is 0.559. The third-order valence-electron chi connectivity index (χ3n) is 5.16. The monoisotopic (exact) mass is 493 g/mol. The van der Waals surface area contributed by atoms with E-state index in [1.165, 1.54) is 11.8 Å². The van der Waals surface area contributed by atoms with Crippen LogP contribution in [0, 0.1) is 0 Å². The number of piperidine rings is 1. The lowest BCUT2D eigenvalue weighted by molar-refractivity contribution is -0.139. The summed E-state index contributed by atoms with van der Waals surface area (Å²) in [6.07, 6.45) is -7.32. The van der Waals surface area contributed by atoms with Crippen LogP contribution >= 0.6 is 0 Å². The number of carbonyl (C=O) groups excluding carboxylic acids is 1. The van der Waals surface area contributed by atoms with Crippen LogP contribution in [0.1, 0.15) is 36.5 Å². The van der Waals surface area contributed by atoms with Gasteiger partial charge < -0.3 is 19.9 Å². The van der Waals surface area contributed by atoms with Gasteiger partial charge in [-0.3, -0.25) is 4.79 Å². The fourth-order valence-corrected chi connectivity index (χ4v) is 3.42. The average molecular weight is 493 g/mol. The molecule has 34 heavy (non-hydrogen) atoms. The van der Waals surface area contributed by atoms with E-state index in [2.05, 4.69) is 15.3 Å². The Labute approximate surface area is 189 Å². The van der Waals surface area contributed by atoms with Crippen molar-refractivity contribution in [2.24, 2.45) is 0 Å². The molecule has 1 saturated heterocycles. The van der Waals surface area contributed by atoms with Crippen molar-refractivity contribution < 1.29 is 35.9 Å². The second-order valence-electron chi connectivity index (χ2n) is 7.85. The second-order valence-corrected chi connectivity index (χ2v) is 7.85. The topological polar surface area (TPSA) is 100 Å². The number of halogens is 6. The molecule has 2 aromatic heterocycles. The van der Waals surface area contributed by atoms with Gasteiger partial charge >= 0.3 is 18.4 Å². The van der Waals surface area contributed by atoms with E-state index < -0.39 is 41.2 Å². The molecule has 8 nitrogen and oxygen atoms in total. The van der Waals surface area contributed by atoms with E-state index >= 15 is 0 Å². The van der Waals surface area contributed by atoms with Crippen LogP contribution in [0.25, 0.3) is 0 Å². The minimum absolute atomic E-state index is 0.0329. The first-order valence-corrected chi connectivity index (χ1v) is 10.2. The summed E-state index contributed by atoms with van der Waals surface area (Å²) < 4.78 is 81.7. The molecule has 1 atom stereocenters. The van der Waals surface area contributed by atoms with E-state index in [0.717, 1.165) is 12.3 Å². The summed E-state index contributed by atoms with van der Waals surface area (Å²) in [5.74, 6) is 0.0433. The third-order valence-corrected chi connectivity index (χ3v) is 5.16. The number of nitrogens with zero attached hydrogens (tertiary/aromatic N) is 3. The van der Waals surface area contributed by atoms with Crippen molar-refractivity contribution in [1.82, 2.24) is 19.9 Å². The molecule has 1 amide bonds. The quantitative estimate of drug-likeness (QED) is 0.614. The number of hydrogen-bond donors (Lipinski definition) is 2. The fourth-order valence-electron chi connectivity index (χ4n) is 3.42. The molecule has 186 valence electrons. The third kappa shape index (κ3) is 6.60. The molecule has 0 saturated carbocycles. The number of ether oxygens (including phenoxy) is 1. The molecule has 1 aliphatic rings. The Balaban J connectivity index is 1.48. The minimum atomic E-state index is -4.80. The number of aromatic amines is 1. The number of rotatable bonds is 5. The lowest BCUT2D eigenvalue weighted by atomic mass is 10.1. The van der Waals surface area contributed by atoms with Gasteiger partial charge in [-0.1, -0.05) is 0 Å². The number of pyridine rings is 1. The maximum Gasteiger partial charge on any atom is 0.421 e. The zero-order chi connectivity index (χ0) is 25.1. The molecular weight excluding hydrogens is 472 g/mol. The zero-order valence-corrected chi connectivity index (χ0v) is 17.8. The van der Waals surface area contributed by atoms with Gasteiger partial charge in [-0.15, -0.1) is 0 Å². The molecule has 1 fully saturated rings. The number of nitrogens with one attached hydrogen (secondary N) is 2. The molecule has 1 aliphatic heterocycles. The van der Waals surface area contributed by atoms with Crippen LogP contribution in [0.5, 0.6) is 0 Å². The summed E-state index contributed by atoms with van der Waals surface area (Å²) in [5.41, 5.74) is -3.37. The van der Waals surface area contributed by atoms with E-state index in [4.69, 9.17) is 4.74 Å². The lowest BCUT2D eigenvalue weighted by Gasteiger charge is -2.32. The normalized spacial score (nSPS) is 16.3. The second kappa shape index (κ2) is 9.89. The van der Waals surface area contributed by atoms with E-state index in [1.54, 1.807) is 0 Å². The molecular formula is C20H21F6N5O3. The van der Waals surface area contributed by atoms with Gasteiger partial charge in [0.15, 0.2) is 0 Å². The van der Waals surface area contributed by atoms with Crippen molar-refractivity contribution in [2.75, 3.05) is 18.4 Å². The summed E-state index contributed by atoms with van der Waals surface area (Å²) in [5, 5.41) is 2.93. The Morgan fingerprint density at radius 3 is 2.35 bits per heavy atom. The van der Waals surface area contributed by atoms with Gasteiger partial charge in [0, 0.05) is 44.1 Å². The molecule has 0 aromatic carbocycles. The van der Waals surface area contributed by atoms with Crippen LogP contribution in [-0.2, 0) is 23.5 Å². The average Bonchev–Trinajstić information content (AvgIpc) is 2.74. The van der Waals surface area contributed by atoms with Crippen molar-refractivity contribution in [2.45, 2.75) is 50.7 Å². The van der Waals surface area contributed by atoms with Gasteiger partial charge in [0.05, 0.1) is 5.56 Å². The van der Waals surface area contributed by atoms with Crippen LogP contribution in [0.2, 0.25) is 0 Å². The number of H-pyrrole nitrogens is 1. The van der Waals surface area contributed by atoms with Gasteiger partial charge in [0.2, 0.25) is 5.95 Å². The van der Waals surface area contributed by atoms with Crippen molar-refractivity contribution in [1.29, 1.82) is 0 Å². The van der Waals surface area contributed by atoms with Crippen LogP contribution < -0.4 is 10.9 Å². The predicted octanol–water partition coefficient (Wildman–Crippen LogP) is 3.85. The smallest absolute Gasteiger partial charge is 0.421 e. The molecule has 2 N–H and O–H groups in total. The molecule has 2 aromatic rings. The number of carbonyl (C=O) groups is 1. The first-order chi connectivity index (χ1) is 15.8. The Morgan fingerprint density at radius 2 is 1.79 bits per heavy atom. The van der Waals surface area contributed by atoms with E-state index in [1.807, 2.05) is 4.98 Å².